The van der Waals surface area contributed by atoms with Crippen molar-refractivity contribution in [1.29, 1.82) is 0 Å². The van der Waals surface area contributed by atoms with Crippen LogP contribution in [-0.4, -0.2) is 21.0 Å². The van der Waals surface area contributed by atoms with E-state index in [4.69, 9.17) is 47.0 Å². The summed E-state index contributed by atoms with van der Waals surface area (Å²) in [4.78, 5) is 12.4. The number of hydrogen-bond donors (Lipinski definition) is 3. The molecule has 0 aromatic heterocycles. The van der Waals surface area contributed by atoms with Gasteiger partial charge in [0.25, 0.3) is 5.91 Å². The third kappa shape index (κ3) is 7.22. The van der Waals surface area contributed by atoms with Crippen molar-refractivity contribution in [3.8, 4) is 0 Å². The minimum atomic E-state index is -4.51. The Morgan fingerprint density at radius 1 is 1.03 bits per heavy atom. The third-order valence-electron chi connectivity index (χ3n) is 3.61. The highest BCUT2D eigenvalue weighted by molar-refractivity contribution is 7.80. The van der Waals surface area contributed by atoms with E-state index in [-0.39, 0.29) is 10.8 Å². The molecule has 0 saturated carbocycles. The van der Waals surface area contributed by atoms with Gasteiger partial charge in [-0.2, -0.15) is 13.2 Å². The van der Waals surface area contributed by atoms with Gasteiger partial charge in [-0.3, -0.25) is 4.79 Å². The van der Waals surface area contributed by atoms with Crippen LogP contribution in [0.4, 0.5) is 18.9 Å². The number of hydrogen-bond acceptors (Lipinski definition) is 2. The summed E-state index contributed by atoms with van der Waals surface area (Å²) in [6, 6.07) is 11.1. The van der Waals surface area contributed by atoms with Crippen molar-refractivity contribution >= 4 is 63.7 Å². The fourth-order valence-electron chi connectivity index (χ4n) is 2.27. The first-order chi connectivity index (χ1) is 13.4. The Morgan fingerprint density at radius 3 is 2.28 bits per heavy atom. The molecule has 0 spiro atoms. The summed E-state index contributed by atoms with van der Waals surface area (Å²) in [7, 11) is 0. The lowest BCUT2D eigenvalue weighted by Crippen LogP contribution is -2.56. The molecule has 2 aromatic rings. The van der Waals surface area contributed by atoms with E-state index in [0.717, 1.165) is 17.7 Å². The maximum Gasteiger partial charge on any atom is 0.416 e. The van der Waals surface area contributed by atoms with Gasteiger partial charge in [0.1, 0.15) is 6.17 Å². The summed E-state index contributed by atoms with van der Waals surface area (Å²) < 4.78 is 36.5. The van der Waals surface area contributed by atoms with Crippen LogP contribution in [0.5, 0.6) is 0 Å². The SMILES string of the molecule is Cc1cccc(C(=O)NC(NC(=S)Nc2cccc(C(F)(F)F)c2)C(Cl)(Cl)Cl)c1. The number of carbonyl (C=O) groups excluding carboxylic acids is 1. The van der Waals surface area contributed by atoms with E-state index in [1.54, 1.807) is 18.2 Å². The summed E-state index contributed by atoms with van der Waals surface area (Å²) in [6.45, 7) is 1.82. The van der Waals surface area contributed by atoms with Gasteiger partial charge < -0.3 is 16.0 Å². The van der Waals surface area contributed by atoms with Crippen molar-refractivity contribution in [2.24, 2.45) is 0 Å². The molecule has 0 fully saturated rings. The van der Waals surface area contributed by atoms with Crippen molar-refractivity contribution in [2.45, 2.75) is 23.1 Å². The molecule has 3 N–H and O–H groups in total. The number of nitrogens with one attached hydrogen (secondary N) is 3. The van der Waals surface area contributed by atoms with Crippen molar-refractivity contribution in [1.82, 2.24) is 10.6 Å². The van der Waals surface area contributed by atoms with Gasteiger partial charge >= 0.3 is 6.18 Å². The number of aryl methyl sites for hydroxylation is 1. The molecule has 1 unspecified atom stereocenters. The van der Waals surface area contributed by atoms with Crippen LogP contribution in [0.3, 0.4) is 0 Å². The van der Waals surface area contributed by atoms with Gasteiger partial charge in [-0.05, 0) is 49.5 Å². The highest BCUT2D eigenvalue weighted by Gasteiger charge is 2.35. The lowest BCUT2D eigenvalue weighted by molar-refractivity contribution is -0.137. The summed E-state index contributed by atoms with van der Waals surface area (Å²) in [5.74, 6) is -0.528. The van der Waals surface area contributed by atoms with Crippen molar-refractivity contribution in [2.75, 3.05) is 5.32 Å². The topological polar surface area (TPSA) is 53.2 Å². The maximum absolute atomic E-state index is 12.8. The molecule has 0 saturated heterocycles. The molecule has 1 atom stereocenters. The Kier molecular flexibility index (Phi) is 7.62. The first kappa shape index (κ1) is 23.5. The summed E-state index contributed by atoms with van der Waals surface area (Å²) in [6.07, 6.45) is -5.76. The predicted octanol–water partition coefficient (Wildman–Crippen LogP) is 5.43. The molecule has 4 nitrogen and oxygen atoms in total. The molecule has 11 heteroatoms. The average molecular weight is 485 g/mol. The fourth-order valence-corrected chi connectivity index (χ4v) is 2.84. The highest BCUT2D eigenvalue weighted by atomic mass is 35.6. The summed E-state index contributed by atoms with van der Waals surface area (Å²) in [5.41, 5.74) is 0.418. The van der Waals surface area contributed by atoms with Gasteiger partial charge in [0, 0.05) is 11.3 Å². The largest absolute Gasteiger partial charge is 0.416 e. The van der Waals surface area contributed by atoms with Gasteiger partial charge in [0.15, 0.2) is 5.11 Å². The van der Waals surface area contributed by atoms with E-state index in [1.165, 1.54) is 12.1 Å². The Bertz CT molecular complexity index is 904. The molecule has 0 heterocycles. The standard InChI is InChI=1S/C18H15Cl3F3N3OS/c1-10-4-2-5-11(8-10)14(28)26-15(17(19,20)21)27-16(29)25-13-7-3-6-12(9-13)18(22,23)24/h2-9,15H,1H3,(H,26,28)(H2,25,27,29). The van der Waals surface area contributed by atoms with Gasteiger partial charge in [0.05, 0.1) is 5.56 Å². The summed E-state index contributed by atoms with van der Waals surface area (Å²) in [5, 5.41) is 7.51. The van der Waals surface area contributed by atoms with E-state index in [2.05, 4.69) is 16.0 Å². The highest BCUT2D eigenvalue weighted by Crippen LogP contribution is 2.31. The van der Waals surface area contributed by atoms with Crippen LogP contribution in [0, 0.1) is 6.92 Å². The van der Waals surface area contributed by atoms with Gasteiger partial charge in [-0.25, -0.2) is 0 Å². The van der Waals surface area contributed by atoms with Gasteiger partial charge in [0.2, 0.25) is 3.79 Å². The second-order valence-corrected chi connectivity index (χ2v) is 8.77. The zero-order valence-corrected chi connectivity index (χ0v) is 17.9. The van der Waals surface area contributed by atoms with Crippen LogP contribution in [0.1, 0.15) is 21.5 Å². The number of carbonyl (C=O) groups is 1. The number of rotatable bonds is 4. The quantitative estimate of drug-likeness (QED) is 0.308. The molecule has 2 aromatic carbocycles. The second-order valence-electron chi connectivity index (χ2n) is 5.99. The van der Waals surface area contributed by atoms with E-state index >= 15 is 0 Å². The van der Waals surface area contributed by atoms with Gasteiger partial charge in [-0.1, -0.05) is 58.6 Å². The first-order valence-electron chi connectivity index (χ1n) is 8.05. The predicted molar refractivity (Wildman–Crippen MR) is 114 cm³/mol. The fraction of sp³-hybridized carbons (Fsp3) is 0.222. The molecule has 0 radical (unpaired) electrons. The molecule has 2 rings (SSSR count). The number of anilines is 1. The monoisotopic (exact) mass is 483 g/mol. The lowest BCUT2D eigenvalue weighted by Gasteiger charge is -2.28. The molecular formula is C18H15Cl3F3N3OS. The normalized spacial score (nSPS) is 12.8. The minimum Gasteiger partial charge on any atom is -0.339 e. The van der Waals surface area contributed by atoms with Crippen LogP contribution < -0.4 is 16.0 Å². The molecule has 0 aliphatic rings. The molecule has 156 valence electrons. The van der Waals surface area contributed by atoms with Crippen LogP contribution in [-0.2, 0) is 6.18 Å². The number of amides is 1. The van der Waals surface area contributed by atoms with E-state index in [1.807, 2.05) is 13.0 Å². The molecule has 0 aliphatic heterocycles. The molecule has 29 heavy (non-hydrogen) atoms. The van der Waals surface area contributed by atoms with Gasteiger partial charge in [-0.15, -0.1) is 0 Å². The number of alkyl halides is 6. The van der Waals surface area contributed by atoms with Crippen molar-refractivity contribution in [3.05, 3.63) is 65.2 Å². The smallest absolute Gasteiger partial charge is 0.339 e. The number of thiocarbonyl (C=S) groups is 1. The molecule has 1 amide bonds. The average Bonchev–Trinajstić information content (AvgIpc) is 2.59. The molecule has 0 bridgehead atoms. The first-order valence-corrected chi connectivity index (χ1v) is 9.59. The van der Waals surface area contributed by atoms with Crippen LogP contribution in [0.15, 0.2) is 48.5 Å². The molecular weight excluding hydrogens is 470 g/mol. The number of halogens is 6. The lowest BCUT2D eigenvalue weighted by atomic mass is 10.1. The zero-order chi connectivity index (χ0) is 21.8. The van der Waals surface area contributed by atoms with E-state index < -0.39 is 27.6 Å². The Balaban J connectivity index is 2.10. The van der Waals surface area contributed by atoms with E-state index in [9.17, 15) is 18.0 Å². The van der Waals surface area contributed by atoms with Crippen molar-refractivity contribution < 1.29 is 18.0 Å². The minimum absolute atomic E-state index is 0.0744. The van der Waals surface area contributed by atoms with Crippen LogP contribution in [0.2, 0.25) is 0 Å². The second kappa shape index (κ2) is 9.38. The summed E-state index contributed by atoms with van der Waals surface area (Å²) >= 11 is 22.8. The Labute approximate surface area is 185 Å². The molecule has 0 aliphatic carbocycles. The Morgan fingerprint density at radius 2 is 1.69 bits per heavy atom. The Hall–Kier alpha value is -1.74. The zero-order valence-electron chi connectivity index (χ0n) is 14.8. The van der Waals surface area contributed by atoms with Crippen LogP contribution >= 0.6 is 47.0 Å². The van der Waals surface area contributed by atoms with E-state index in [0.29, 0.717) is 5.56 Å². The number of benzene rings is 2. The third-order valence-corrected chi connectivity index (χ3v) is 4.48. The maximum atomic E-state index is 12.8. The van der Waals surface area contributed by atoms with Crippen LogP contribution in [0.25, 0.3) is 0 Å². The van der Waals surface area contributed by atoms with Crippen molar-refractivity contribution in [3.63, 3.8) is 0 Å².